The van der Waals surface area contributed by atoms with Gasteiger partial charge in [-0.15, -0.1) is 11.3 Å². The Balaban J connectivity index is 1.73. The minimum Gasteiger partial charge on any atom is -0.364 e. The SMILES string of the molecule is CC1Cc2ccccc2N1Cc1csc2ccc(Cl)cc12. The lowest BCUT2D eigenvalue weighted by atomic mass is 10.1. The Morgan fingerprint density at radius 1 is 1.24 bits per heavy atom. The molecule has 3 heteroatoms. The van der Waals surface area contributed by atoms with Gasteiger partial charge in [-0.05, 0) is 59.5 Å². The van der Waals surface area contributed by atoms with Gasteiger partial charge < -0.3 is 4.90 Å². The van der Waals surface area contributed by atoms with Crippen LogP contribution in [0.1, 0.15) is 18.1 Å². The largest absolute Gasteiger partial charge is 0.364 e. The molecule has 1 aliphatic heterocycles. The van der Waals surface area contributed by atoms with Gasteiger partial charge in [-0.1, -0.05) is 29.8 Å². The van der Waals surface area contributed by atoms with E-state index in [2.05, 4.69) is 53.6 Å². The van der Waals surface area contributed by atoms with Crippen LogP contribution >= 0.6 is 22.9 Å². The van der Waals surface area contributed by atoms with Gasteiger partial charge in [-0.2, -0.15) is 0 Å². The molecule has 0 N–H and O–H groups in total. The first-order chi connectivity index (χ1) is 10.2. The third-order valence-electron chi connectivity index (χ3n) is 4.30. The second-order valence-corrected chi connectivity index (χ2v) is 7.06. The third-order valence-corrected chi connectivity index (χ3v) is 5.55. The maximum absolute atomic E-state index is 6.16. The molecule has 0 aliphatic carbocycles. The summed E-state index contributed by atoms with van der Waals surface area (Å²) in [5.74, 6) is 0. The van der Waals surface area contributed by atoms with Gasteiger partial charge in [0.2, 0.25) is 0 Å². The van der Waals surface area contributed by atoms with Gasteiger partial charge >= 0.3 is 0 Å². The van der Waals surface area contributed by atoms with Crippen molar-refractivity contribution in [2.45, 2.75) is 25.9 Å². The molecule has 0 saturated carbocycles. The van der Waals surface area contributed by atoms with Crippen molar-refractivity contribution >= 4 is 38.7 Å². The van der Waals surface area contributed by atoms with Gasteiger partial charge in [-0.25, -0.2) is 0 Å². The first-order valence-corrected chi connectivity index (χ1v) is 8.48. The highest BCUT2D eigenvalue weighted by Crippen LogP contribution is 2.36. The summed E-state index contributed by atoms with van der Waals surface area (Å²) in [6.07, 6.45) is 1.14. The van der Waals surface area contributed by atoms with Crippen molar-refractivity contribution in [3.63, 3.8) is 0 Å². The predicted molar refractivity (Wildman–Crippen MR) is 92.6 cm³/mol. The molecule has 2 aromatic carbocycles. The van der Waals surface area contributed by atoms with E-state index in [4.69, 9.17) is 11.6 Å². The van der Waals surface area contributed by atoms with Crippen LogP contribution in [0.2, 0.25) is 5.02 Å². The third kappa shape index (κ3) is 2.23. The number of fused-ring (bicyclic) bond motifs is 2. The second kappa shape index (κ2) is 5.04. The van der Waals surface area contributed by atoms with Crippen LogP contribution in [0.5, 0.6) is 0 Å². The molecule has 0 amide bonds. The van der Waals surface area contributed by atoms with Crippen LogP contribution < -0.4 is 4.90 Å². The van der Waals surface area contributed by atoms with E-state index in [1.54, 1.807) is 11.3 Å². The van der Waals surface area contributed by atoms with Crippen molar-refractivity contribution in [1.82, 2.24) is 0 Å². The Morgan fingerprint density at radius 2 is 2.10 bits per heavy atom. The Bertz CT molecular complexity index is 808. The quantitative estimate of drug-likeness (QED) is 0.603. The summed E-state index contributed by atoms with van der Waals surface area (Å²) >= 11 is 7.97. The highest BCUT2D eigenvalue weighted by molar-refractivity contribution is 7.17. The van der Waals surface area contributed by atoms with Crippen LogP contribution in [0.3, 0.4) is 0 Å². The summed E-state index contributed by atoms with van der Waals surface area (Å²) in [6.45, 7) is 3.26. The molecule has 0 radical (unpaired) electrons. The fourth-order valence-corrected chi connectivity index (χ4v) is 4.34. The predicted octanol–water partition coefficient (Wildman–Crippen LogP) is 5.51. The second-order valence-electron chi connectivity index (χ2n) is 5.71. The molecule has 1 nitrogen and oxygen atoms in total. The zero-order valence-corrected chi connectivity index (χ0v) is 13.4. The lowest BCUT2D eigenvalue weighted by Gasteiger charge is -2.24. The molecule has 0 spiro atoms. The molecule has 0 bridgehead atoms. The number of thiophene rings is 1. The molecule has 106 valence electrons. The molecule has 2 heterocycles. The number of para-hydroxylation sites is 1. The zero-order chi connectivity index (χ0) is 14.4. The van der Waals surface area contributed by atoms with Crippen molar-refractivity contribution < 1.29 is 0 Å². The van der Waals surface area contributed by atoms with Crippen molar-refractivity contribution in [3.05, 3.63) is 64.0 Å². The Kier molecular flexibility index (Phi) is 3.16. The van der Waals surface area contributed by atoms with Crippen LogP contribution in [-0.2, 0) is 13.0 Å². The molecule has 1 aliphatic rings. The number of benzene rings is 2. The standard InChI is InChI=1S/C18H16ClNS/c1-12-8-13-4-2-3-5-17(13)20(12)10-14-11-21-18-7-6-15(19)9-16(14)18/h2-7,9,11-12H,8,10H2,1H3. The van der Waals surface area contributed by atoms with Crippen LogP contribution in [-0.4, -0.2) is 6.04 Å². The number of halogens is 1. The molecular weight excluding hydrogens is 298 g/mol. The molecule has 1 aromatic heterocycles. The highest BCUT2D eigenvalue weighted by atomic mass is 35.5. The fraction of sp³-hybridized carbons (Fsp3) is 0.222. The van der Waals surface area contributed by atoms with E-state index in [-0.39, 0.29) is 0 Å². The molecule has 1 atom stereocenters. The van der Waals surface area contributed by atoms with E-state index in [1.165, 1.54) is 26.9 Å². The van der Waals surface area contributed by atoms with E-state index < -0.39 is 0 Å². The molecule has 4 rings (SSSR count). The lowest BCUT2D eigenvalue weighted by molar-refractivity contribution is 0.674. The Hall–Kier alpha value is -1.51. The van der Waals surface area contributed by atoms with Gasteiger partial charge in [0.15, 0.2) is 0 Å². The number of hydrogen-bond acceptors (Lipinski definition) is 2. The monoisotopic (exact) mass is 313 g/mol. The number of hydrogen-bond donors (Lipinski definition) is 0. The molecule has 0 saturated heterocycles. The van der Waals surface area contributed by atoms with Crippen LogP contribution in [0.4, 0.5) is 5.69 Å². The normalized spacial score (nSPS) is 17.4. The average Bonchev–Trinajstić information content (AvgIpc) is 3.01. The van der Waals surface area contributed by atoms with Gasteiger partial charge in [-0.3, -0.25) is 0 Å². The van der Waals surface area contributed by atoms with E-state index in [0.717, 1.165) is 18.0 Å². The van der Waals surface area contributed by atoms with Crippen molar-refractivity contribution in [2.24, 2.45) is 0 Å². The minimum absolute atomic E-state index is 0.552. The highest BCUT2D eigenvalue weighted by Gasteiger charge is 2.25. The maximum Gasteiger partial charge on any atom is 0.0447 e. The topological polar surface area (TPSA) is 3.24 Å². The Labute approximate surface area is 133 Å². The average molecular weight is 314 g/mol. The first-order valence-electron chi connectivity index (χ1n) is 7.22. The molecule has 3 aromatic rings. The van der Waals surface area contributed by atoms with Crippen molar-refractivity contribution in [3.8, 4) is 0 Å². The number of rotatable bonds is 2. The zero-order valence-electron chi connectivity index (χ0n) is 11.8. The molecule has 1 unspecified atom stereocenters. The summed E-state index contributed by atoms with van der Waals surface area (Å²) in [7, 11) is 0. The van der Waals surface area contributed by atoms with E-state index in [1.807, 2.05) is 6.07 Å². The van der Waals surface area contributed by atoms with Crippen LogP contribution in [0.25, 0.3) is 10.1 Å². The summed E-state index contributed by atoms with van der Waals surface area (Å²) in [4.78, 5) is 2.51. The van der Waals surface area contributed by atoms with Gasteiger partial charge in [0, 0.05) is 28.0 Å². The Morgan fingerprint density at radius 3 is 3.00 bits per heavy atom. The smallest absolute Gasteiger partial charge is 0.0447 e. The molecule has 0 fully saturated rings. The van der Waals surface area contributed by atoms with E-state index in [9.17, 15) is 0 Å². The van der Waals surface area contributed by atoms with Gasteiger partial charge in [0.1, 0.15) is 0 Å². The van der Waals surface area contributed by atoms with Crippen molar-refractivity contribution in [2.75, 3.05) is 4.90 Å². The van der Waals surface area contributed by atoms with Crippen LogP contribution in [0, 0.1) is 0 Å². The molecular formula is C18H16ClNS. The van der Waals surface area contributed by atoms with Crippen molar-refractivity contribution in [1.29, 1.82) is 0 Å². The summed E-state index contributed by atoms with van der Waals surface area (Å²) in [5.41, 5.74) is 4.22. The van der Waals surface area contributed by atoms with Gasteiger partial charge in [0.25, 0.3) is 0 Å². The number of anilines is 1. The summed E-state index contributed by atoms with van der Waals surface area (Å²) < 4.78 is 1.31. The van der Waals surface area contributed by atoms with E-state index in [0.29, 0.717) is 6.04 Å². The first kappa shape index (κ1) is 13.2. The maximum atomic E-state index is 6.16. The van der Waals surface area contributed by atoms with E-state index >= 15 is 0 Å². The number of nitrogens with zero attached hydrogens (tertiary/aromatic N) is 1. The van der Waals surface area contributed by atoms with Gasteiger partial charge in [0.05, 0.1) is 0 Å². The molecule has 21 heavy (non-hydrogen) atoms. The summed E-state index contributed by atoms with van der Waals surface area (Å²) in [5, 5.41) is 4.38. The van der Waals surface area contributed by atoms with Crippen LogP contribution in [0.15, 0.2) is 47.8 Å². The summed E-state index contributed by atoms with van der Waals surface area (Å²) in [6, 6.07) is 15.5. The fourth-order valence-electron chi connectivity index (χ4n) is 3.23. The minimum atomic E-state index is 0.552. The lowest BCUT2D eigenvalue weighted by Crippen LogP contribution is -2.28.